The highest BCUT2D eigenvalue weighted by Crippen LogP contribution is 2.32. The molecule has 2 aliphatic rings. The average Bonchev–Trinajstić information content (AvgIpc) is 2.76. The Morgan fingerprint density at radius 1 is 0.704 bits per heavy atom. The van der Waals surface area contributed by atoms with E-state index in [4.69, 9.17) is 24.7 Å². The molecule has 1 N–H and O–H groups in total. The highest BCUT2D eigenvalue weighted by molar-refractivity contribution is 4.70. The molecule has 1 unspecified atom stereocenters. The smallest absolute Gasteiger partial charge is 0.233 e. The second kappa shape index (κ2) is 14.7. The normalized spacial score (nSPS) is 26.3. The molecule has 1 spiro atoms. The van der Waals surface area contributed by atoms with Crippen LogP contribution in [0.1, 0.15) is 109 Å². The van der Waals surface area contributed by atoms with E-state index in [-0.39, 0.29) is 0 Å². The number of aliphatic hydroxyl groups is 1. The van der Waals surface area contributed by atoms with Crippen LogP contribution in [-0.4, -0.2) is 30.7 Å². The van der Waals surface area contributed by atoms with Crippen molar-refractivity contribution in [3.8, 4) is 0 Å². The van der Waals surface area contributed by atoms with Crippen LogP contribution < -0.4 is 0 Å². The van der Waals surface area contributed by atoms with Crippen molar-refractivity contribution in [1.82, 2.24) is 0 Å². The van der Waals surface area contributed by atoms with Gasteiger partial charge in [-0.3, -0.25) is 0 Å². The third-order valence-electron chi connectivity index (χ3n) is 5.97. The van der Waals surface area contributed by atoms with E-state index in [2.05, 4.69) is 0 Å². The Hall–Kier alpha value is -0.200. The molecule has 0 aromatic carbocycles. The SMILES string of the molecule is OCCCCCCC1CCOOC2(CCCCCCCCCCC2)OOC1. The van der Waals surface area contributed by atoms with Crippen molar-refractivity contribution in [2.24, 2.45) is 5.92 Å². The van der Waals surface area contributed by atoms with Gasteiger partial charge >= 0.3 is 0 Å². The molecule has 2 rings (SSSR count). The van der Waals surface area contributed by atoms with Gasteiger partial charge in [0.1, 0.15) is 0 Å². The van der Waals surface area contributed by atoms with E-state index in [0.717, 1.165) is 51.4 Å². The van der Waals surface area contributed by atoms with E-state index in [1.807, 2.05) is 0 Å². The van der Waals surface area contributed by atoms with Crippen molar-refractivity contribution in [3.05, 3.63) is 0 Å². The molecule has 0 aromatic rings. The molecule has 1 atom stereocenters. The van der Waals surface area contributed by atoms with Gasteiger partial charge < -0.3 is 5.11 Å². The summed E-state index contributed by atoms with van der Waals surface area (Å²) in [7, 11) is 0. The Balaban J connectivity index is 1.78. The van der Waals surface area contributed by atoms with Crippen LogP contribution in [0.5, 0.6) is 0 Å². The van der Waals surface area contributed by atoms with Gasteiger partial charge in [-0.2, -0.15) is 9.78 Å². The maximum atomic E-state index is 8.87. The molecule has 27 heavy (non-hydrogen) atoms. The summed E-state index contributed by atoms with van der Waals surface area (Å²) in [4.78, 5) is 23.0. The molecule has 1 heterocycles. The molecule has 5 heteroatoms. The van der Waals surface area contributed by atoms with Gasteiger partial charge in [-0.25, -0.2) is 9.78 Å². The summed E-state index contributed by atoms with van der Waals surface area (Å²) in [6.45, 7) is 1.53. The molecule has 160 valence electrons. The highest BCUT2D eigenvalue weighted by atomic mass is 17.3. The van der Waals surface area contributed by atoms with Crippen molar-refractivity contribution in [1.29, 1.82) is 0 Å². The van der Waals surface area contributed by atoms with E-state index in [1.54, 1.807) is 0 Å². The maximum absolute atomic E-state index is 8.87. The first-order chi connectivity index (χ1) is 13.3. The molecule has 1 aliphatic heterocycles. The molecule has 1 saturated heterocycles. The Kier molecular flexibility index (Phi) is 12.6. The predicted molar refractivity (Wildman–Crippen MR) is 106 cm³/mol. The summed E-state index contributed by atoms with van der Waals surface area (Å²) in [5.41, 5.74) is 0. The minimum absolute atomic E-state index is 0.299. The maximum Gasteiger partial charge on any atom is 0.233 e. The molecule has 0 amide bonds. The van der Waals surface area contributed by atoms with Crippen LogP contribution in [-0.2, 0) is 19.6 Å². The van der Waals surface area contributed by atoms with Crippen molar-refractivity contribution in [2.45, 2.75) is 115 Å². The third-order valence-corrected chi connectivity index (χ3v) is 5.97. The van der Waals surface area contributed by atoms with Crippen LogP contribution in [0.3, 0.4) is 0 Å². The van der Waals surface area contributed by atoms with E-state index in [0.29, 0.717) is 25.7 Å². The molecule has 1 aliphatic carbocycles. The molecular formula is C22H42O5. The summed E-state index contributed by atoms with van der Waals surface area (Å²) in [5.74, 6) is -0.279. The van der Waals surface area contributed by atoms with E-state index in [1.165, 1.54) is 57.8 Å². The molecule has 5 nitrogen and oxygen atoms in total. The van der Waals surface area contributed by atoms with Crippen LogP contribution in [0.2, 0.25) is 0 Å². The first kappa shape index (κ1) is 23.1. The molecule has 0 aromatic heterocycles. The Labute approximate surface area is 165 Å². The monoisotopic (exact) mass is 386 g/mol. The van der Waals surface area contributed by atoms with Gasteiger partial charge in [0.05, 0.1) is 13.2 Å². The topological polar surface area (TPSA) is 57.2 Å². The highest BCUT2D eigenvalue weighted by Gasteiger charge is 2.36. The lowest BCUT2D eigenvalue weighted by Crippen LogP contribution is -2.36. The zero-order valence-corrected chi connectivity index (χ0v) is 17.3. The largest absolute Gasteiger partial charge is 0.396 e. The fraction of sp³-hybridized carbons (Fsp3) is 1.00. The molecule has 0 bridgehead atoms. The number of hydrogen-bond acceptors (Lipinski definition) is 5. The fourth-order valence-electron chi connectivity index (χ4n) is 4.14. The zero-order chi connectivity index (χ0) is 19.0. The van der Waals surface area contributed by atoms with Crippen LogP contribution >= 0.6 is 0 Å². The lowest BCUT2D eigenvalue weighted by atomic mass is 9.97. The third kappa shape index (κ3) is 10.2. The summed E-state index contributed by atoms with van der Waals surface area (Å²) < 4.78 is 0. The second-order valence-electron chi connectivity index (χ2n) is 8.45. The number of hydrogen-bond donors (Lipinski definition) is 1. The van der Waals surface area contributed by atoms with E-state index in [9.17, 15) is 0 Å². The van der Waals surface area contributed by atoms with Gasteiger partial charge in [0.25, 0.3) is 0 Å². The summed E-state index contributed by atoms with van der Waals surface area (Å²) in [6, 6.07) is 0. The summed E-state index contributed by atoms with van der Waals surface area (Å²) in [5, 5.41) is 8.87. The summed E-state index contributed by atoms with van der Waals surface area (Å²) >= 11 is 0. The first-order valence-corrected chi connectivity index (χ1v) is 11.6. The quantitative estimate of drug-likeness (QED) is 0.458. The first-order valence-electron chi connectivity index (χ1n) is 11.6. The van der Waals surface area contributed by atoms with Gasteiger partial charge in [-0.15, -0.1) is 0 Å². The van der Waals surface area contributed by atoms with Crippen molar-refractivity contribution in [2.75, 3.05) is 19.8 Å². The van der Waals surface area contributed by atoms with Gasteiger partial charge in [-0.1, -0.05) is 64.2 Å². The Morgan fingerprint density at radius 3 is 1.96 bits per heavy atom. The van der Waals surface area contributed by atoms with Crippen molar-refractivity contribution >= 4 is 0 Å². The summed E-state index contributed by atoms with van der Waals surface area (Å²) in [6.07, 6.45) is 19.4. The van der Waals surface area contributed by atoms with Gasteiger partial charge in [0, 0.05) is 19.4 Å². The van der Waals surface area contributed by atoms with Crippen LogP contribution in [0.4, 0.5) is 0 Å². The molecule has 2 fully saturated rings. The standard InChI is InChI=1S/C22H42O5/c23-18-13-9-6-10-14-21-15-19-24-26-22(27-25-20-21)16-11-7-4-2-1-3-5-8-12-17-22/h21,23H,1-20H2. The average molecular weight is 387 g/mol. The Bertz CT molecular complexity index is 338. The van der Waals surface area contributed by atoms with Gasteiger partial charge in [0.15, 0.2) is 0 Å². The Morgan fingerprint density at radius 2 is 1.30 bits per heavy atom. The van der Waals surface area contributed by atoms with Gasteiger partial charge in [-0.05, 0) is 38.0 Å². The van der Waals surface area contributed by atoms with E-state index < -0.39 is 5.79 Å². The number of unbranched alkanes of at least 4 members (excludes halogenated alkanes) is 3. The van der Waals surface area contributed by atoms with Crippen molar-refractivity contribution < 1.29 is 24.7 Å². The minimum atomic E-state index is -0.727. The lowest BCUT2D eigenvalue weighted by Gasteiger charge is -2.30. The lowest BCUT2D eigenvalue weighted by molar-refractivity contribution is -0.511. The number of aliphatic hydroxyl groups excluding tert-OH is 1. The van der Waals surface area contributed by atoms with E-state index >= 15 is 0 Å². The fourth-order valence-corrected chi connectivity index (χ4v) is 4.14. The molecule has 0 radical (unpaired) electrons. The minimum Gasteiger partial charge on any atom is -0.396 e. The predicted octanol–water partition coefficient (Wildman–Crippen LogP) is 5.85. The van der Waals surface area contributed by atoms with Gasteiger partial charge in [0.2, 0.25) is 5.79 Å². The van der Waals surface area contributed by atoms with Crippen LogP contribution in [0.25, 0.3) is 0 Å². The number of rotatable bonds is 6. The van der Waals surface area contributed by atoms with Crippen molar-refractivity contribution in [3.63, 3.8) is 0 Å². The van der Waals surface area contributed by atoms with Crippen LogP contribution in [0.15, 0.2) is 0 Å². The zero-order valence-electron chi connectivity index (χ0n) is 17.3. The molecular weight excluding hydrogens is 344 g/mol. The molecule has 1 saturated carbocycles. The van der Waals surface area contributed by atoms with Crippen LogP contribution in [0, 0.1) is 5.92 Å². The second-order valence-corrected chi connectivity index (χ2v) is 8.45.